The van der Waals surface area contributed by atoms with Crippen molar-refractivity contribution in [3.63, 3.8) is 0 Å². The molecule has 0 saturated carbocycles. The van der Waals surface area contributed by atoms with E-state index in [0.29, 0.717) is 35.3 Å². The molecule has 1 saturated heterocycles. The van der Waals surface area contributed by atoms with Crippen LogP contribution in [0.4, 0.5) is 0 Å². The minimum Gasteiger partial charge on any atom is -0.337 e. The first kappa shape index (κ1) is 20.5. The van der Waals surface area contributed by atoms with E-state index in [1.54, 1.807) is 12.1 Å². The van der Waals surface area contributed by atoms with Crippen molar-refractivity contribution in [3.05, 3.63) is 65.0 Å². The molecule has 0 amide bonds. The number of halogens is 1. The summed E-state index contributed by atoms with van der Waals surface area (Å²) in [5, 5.41) is 13.5. The van der Waals surface area contributed by atoms with Gasteiger partial charge in [-0.25, -0.2) is 13.1 Å². The second-order valence-corrected chi connectivity index (χ2v) is 9.26. The Hall–Kier alpha value is -2.77. The molecule has 2 heterocycles. The van der Waals surface area contributed by atoms with Crippen molar-refractivity contribution in [2.75, 3.05) is 13.6 Å². The van der Waals surface area contributed by atoms with Crippen LogP contribution < -0.4 is 4.72 Å². The Morgan fingerprint density at radius 1 is 1.20 bits per heavy atom. The zero-order valence-corrected chi connectivity index (χ0v) is 17.6. The zero-order valence-electron chi connectivity index (χ0n) is 16.0. The summed E-state index contributed by atoms with van der Waals surface area (Å²) in [5.41, 5.74) is 1.19. The Labute approximate surface area is 179 Å². The van der Waals surface area contributed by atoms with Gasteiger partial charge in [-0.05, 0) is 62.0 Å². The number of nitrogens with one attached hydrogen (secondary N) is 1. The van der Waals surface area contributed by atoms with E-state index in [2.05, 4.69) is 14.9 Å². The average molecular weight is 444 g/mol. The normalized spacial score (nSPS) is 19.6. The SMILES string of the molecule is CN1C[C@@H](NS(=O)(=O)c2ccc(C#N)cc2)C[C@H]1c1nc(-c2ccc(Cl)cc2)no1. The van der Waals surface area contributed by atoms with E-state index in [1.807, 2.05) is 30.1 Å². The zero-order chi connectivity index (χ0) is 21.3. The number of nitrogens with zero attached hydrogens (tertiary/aromatic N) is 4. The standard InChI is InChI=1S/C20H18ClN5O3S/c1-26-12-16(25-30(27,28)17-8-2-13(11-22)3-9-17)10-18(26)20-23-19(24-29-20)14-4-6-15(21)7-5-14/h2-9,16,18,25H,10,12H2,1H3/t16-,18-/m0/s1. The summed E-state index contributed by atoms with van der Waals surface area (Å²) in [5.74, 6) is 0.888. The quantitative estimate of drug-likeness (QED) is 0.644. The van der Waals surface area contributed by atoms with Gasteiger partial charge in [0, 0.05) is 23.2 Å². The molecule has 2 atom stereocenters. The maximum Gasteiger partial charge on any atom is 0.244 e. The molecule has 1 N–H and O–H groups in total. The van der Waals surface area contributed by atoms with E-state index in [9.17, 15) is 8.42 Å². The molecule has 0 aliphatic carbocycles. The molecule has 3 aromatic rings. The number of likely N-dealkylation sites (N-methyl/N-ethyl adjacent to an activating group) is 1. The molecule has 0 spiro atoms. The Morgan fingerprint density at radius 3 is 2.57 bits per heavy atom. The van der Waals surface area contributed by atoms with Gasteiger partial charge in [-0.3, -0.25) is 4.90 Å². The highest BCUT2D eigenvalue weighted by Gasteiger charge is 2.36. The second kappa shape index (κ2) is 8.16. The van der Waals surface area contributed by atoms with Crippen LogP contribution in [0.2, 0.25) is 5.02 Å². The van der Waals surface area contributed by atoms with Crippen LogP contribution in [-0.2, 0) is 10.0 Å². The summed E-state index contributed by atoms with van der Waals surface area (Å²) in [6.07, 6.45) is 0.494. The Morgan fingerprint density at radius 2 is 1.90 bits per heavy atom. The summed E-state index contributed by atoms with van der Waals surface area (Å²) in [6, 6.07) is 14.4. The van der Waals surface area contributed by atoms with Crippen molar-refractivity contribution in [2.45, 2.75) is 23.4 Å². The number of benzene rings is 2. The molecule has 0 radical (unpaired) electrons. The van der Waals surface area contributed by atoms with Gasteiger partial charge >= 0.3 is 0 Å². The predicted molar refractivity (Wildman–Crippen MR) is 110 cm³/mol. The summed E-state index contributed by atoms with van der Waals surface area (Å²) in [7, 11) is -1.82. The van der Waals surface area contributed by atoms with Gasteiger partial charge < -0.3 is 4.52 Å². The van der Waals surface area contributed by atoms with Gasteiger partial charge in [0.2, 0.25) is 21.7 Å². The first-order chi connectivity index (χ1) is 14.4. The molecule has 1 aliphatic rings. The number of likely N-dealkylation sites (tertiary alicyclic amines) is 1. The molecule has 4 rings (SSSR count). The third-order valence-electron chi connectivity index (χ3n) is 4.99. The van der Waals surface area contributed by atoms with Gasteiger partial charge in [0.1, 0.15) is 0 Å². The summed E-state index contributed by atoms with van der Waals surface area (Å²) in [6.45, 7) is 0.499. The Bertz CT molecular complexity index is 1190. The van der Waals surface area contributed by atoms with Gasteiger partial charge in [0.25, 0.3) is 0 Å². The van der Waals surface area contributed by atoms with Gasteiger partial charge in [-0.1, -0.05) is 16.8 Å². The average Bonchev–Trinajstić information content (AvgIpc) is 3.35. The first-order valence-electron chi connectivity index (χ1n) is 9.18. The van der Waals surface area contributed by atoms with Gasteiger partial charge in [-0.2, -0.15) is 10.2 Å². The molecule has 8 nitrogen and oxygen atoms in total. The smallest absolute Gasteiger partial charge is 0.244 e. The lowest BCUT2D eigenvalue weighted by Crippen LogP contribution is -2.36. The van der Waals surface area contributed by atoms with E-state index in [0.717, 1.165) is 5.56 Å². The largest absolute Gasteiger partial charge is 0.337 e. The van der Waals surface area contributed by atoms with Crippen LogP contribution >= 0.6 is 11.6 Å². The fraction of sp³-hybridized carbons (Fsp3) is 0.250. The van der Waals surface area contributed by atoms with Gasteiger partial charge in [-0.15, -0.1) is 0 Å². The van der Waals surface area contributed by atoms with E-state index in [4.69, 9.17) is 21.4 Å². The second-order valence-electron chi connectivity index (χ2n) is 7.11. The molecule has 1 aliphatic heterocycles. The lowest BCUT2D eigenvalue weighted by Gasteiger charge is -2.14. The van der Waals surface area contributed by atoms with Crippen molar-refractivity contribution in [2.24, 2.45) is 0 Å². The van der Waals surface area contributed by atoms with Crippen molar-refractivity contribution >= 4 is 21.6 Å². The van der Waals surface area contributed by atoms with E-state index >= 15 is 0 Å². The first-order valence-corrected chi connectivity index (χ1v) is 11.0. The van der Waals surface area contributed by atoms with Crippen LogP contribution in [0.5, 0.6) is 0 Å². The molecule has 0 unspecified atom stereocenters. The maximum absolute atomic E-state index is 12.7. The van der Waals surface area contributed by atoms with Crippen molar-refractivity contribution in [3.8, 4) is 17.5 Å². The van der Waals surface area contributed by atoms with Crippen molar-refractivity contribution < 1.29 is 12.9 Å². The van der Waals surface area contributed by atoms with Crippen LogP contribution in [-0.4, -0.2) is 43.1 Å². The van der Waals surface area contributed by atoms with Crippen molar-refractivity contribution in [1.29, 1.82) is 5.26 Å². The predicted octanol–water partition coefficient (Wildman–Crippen LogP) is 2.99. The van der Waals surface area contributed by atoms with Crippen LogP contribution in [0.1, 0.15) is 23.9 Å². The summed E-state index contributed by atoms with van der Waals surface area (Å²) >= 11 is 5.91. The lowest BCUT2D eigenvalue weighted by molar-refractivity contribution is 0.244. The number of nitriles is 1. The van der Waals surface area contributed by atoms with E-state index in [1.165, 1.54) is 24.3 Å². The summed E-state index contributed by atoms with van der Waals surface area (Å²) < 4.78 is 33.5. The van der Waals surface area contributed by atoms with Crippen molar-refractivity contribution in [1.82, 2.24) is 19.8 Å². The monoisotopic (exact) mass is 443 g/mol. The molecule has 2 aromatic carbocycles. The third-order valence-corrected chi connectivity index (χ3v) is 6.78. The highest BCUT2D eigenvalue weighted by atomic mass is 35.5. The molecule has 30 heavy (non-hydrogen) atoms. The summed E-state index contributed by atoms with van der Waals surface area (Å²) in [4.78, 5) is 6.58. The molecule has 1 aromatic heterocycles. The Balaban J connectivity index is 1.47. The van der Waals surface area contributed by atoms with Crippen LogP contribution in [0, 0.1) is 11.3 Å². The number of sulfonamides is 1. The van der Waals surface area contributed by atoms with Crippen LogP contribution in [0.25, 0.3) is 11.4 Å². The topological polar surface area (TPSA) is 112 Å². The highest BCUT2D eigenvalue weighted by Crippen LogP contribution is 2.31. The molecule has 1 fully saturated rings. The maximum atomic E-state index is 12.7. The lowest BCUT2D eigenvalue weighted by atomic mass is 10.2. The van der Waals surface area contributed by atoms with Gasteiger partial charge in [0.05, 0.1) is 22.6 Å². The molecule has 10 heteroatoms. The molecular weight excluding hydrogens is 426 g/mol. The molecule has 154 valence electrons. The van der Waals surface area contributed by atoms with E-state index < -0.39 is 10.0 Å². The van der Waals surface area contributed by atoms with Crippen LogP contribution in [0.15, 0.2) is 57.9 Å². The number of hydrogen-bond acceptors (Lipinski definition) is 7. The third kappa shape index (κ3) is 4.22. The fourth-order valence-electron chi connectivity index (χ4n) is 3.46. The number of aromatic nitrogens is 2. The highest BCUT2D eigenvalue weighted by molar-refractivity contribution is 7.89. The number of rotatable bonds is 5. The fourth-order valence-corrected chi connectivity index (χ4v) is 4.82. The number of hydrogen-bond donors (Lipinski definition) is 1. The molecular formula is C20H18ClN5O3S. The van der Waals surface area contributed by atoms with Gasteiger partial charge in [0.15, 0.2) is 0 Å². The molecule has 0 bridgehead atoms. The van der Waals surface area contributed by atoms with E-state index in [-0.39, 0.29) is 17.0 Å². The minimum absolute atomic E-state index is 0.121. The Kier molecular flexibility index (Phi) is 5.58. The minimum atomic E-state index is -3.70. The van der Waals surface area contributed by atoms with Crippen LogP contribution in [0.3, 0.4) is 0 Å².